The molecule has 1 aromatic heterocycles. The van der Waals surface area contributed by atoms with Gasteiger partial charge in [0.05, 0.1) is 6.54 Å². The van der Waals surface area contributed by atoms with Crippen LogP contribution in [-0.2, 0) is 4.79 Å². The molecule has 3 rings (SSSR count). The van der Waals surface area contributed by atoms with Crippen LogP contribution in [0.2, 0.25) is 0 Å². The second-order valence-electron chi connectivity index (χ2n) is 6.01. The maximum Gasteiger partial charge on any atom is 0.232 e. The van der Waals surface area contributed by atoms with E-state index in [0.717, 1.165) is 22.7 Å². The van der Waals surface area contributed by atoms with Gasteiger partial charge in [0.15, 0.2) is 0 Å². The lowest BCUT2D eigenvalue weighted by Gasteiger charge is -2.13. The lowest BCUT2D eigenvalue weighted by Crippen LogP contribution is -2.14. The summed E-state index contributed by atoms with van der Waals surface area (Å²) in [6, 6.07) is 15.2. The van der Waals surface area contributed by atoms with Crippen LogP contribution in [0, 0.1) is 6.92 Å². The zero-order chi connectivity index (χ0) is 19.8. The maximum atomic E-state index is 11.3. The average Bonchev–Trinajstić information content (AvgIpc) is 2.69. The second kappa shape index (κ2) is 9.31. The summed E-state index contributed by atoms with van der Waals surface area (Å²) >= 11 is 0. The first-order valence-corrected chi connectivity index (χ1v) is 8.87. The van der Waals surface area contributed by atoms with E-state index in [9.17, 15) is 4.79 Å². The molecule has 0 spiro atoms. The number of benzene rings is 2. The highest BCUT2D eigenvalue weighted by Crippen LogP contribution is 2.25. The molecule has 0 aliphatic heterocycles. The first kappa shape index (κ1) is 19.1. The number of nitrogens with one attached hydrogen (secondary N) is 3. The molecule has 0 aliphatic carbocycles. The molecule has 144 valence electrons. The molecule has 0 radical (unpaired) electrons. The molecule has 0 bridgehead atoms. The van der Waals surface area contributed by atoms with E-state index >= 15 is 0 Å². The van der Waals surface area contributed by atoms with E-state index < -0.39 is 0 Å². The molecule has 0 atom stereocenters. The number of rotatable bonds is 8. The molecular formula is C20H22N6O2. The van der Waals surface area contributed by atoms with E-state index in [0.29, 0.717) is 25.0 Å². The number of aromatic nitrogens is 3. The topological polar surface area (TPSA) is 101 Å². The Morgan fingerprint density at radius 1 is 1.00 bits per heavy atom. The van der Waals surface area contributed by atoms with Gasteiger partial charge in [-0.1, -0.05) is 24.3 Å². The molecule has 0 saturated carbocycles. The van der Waals surface area contributed by atoms with Crippen LogP contribution < -0.4 is 20.7 Å². The molecule has 0 unspecified atom stereocenters. The van der Waals surface area contributed by atoms with Crippen LogP contribution in [0.25, 0.3) is 0 Å². The molecule has 28 heavy (non-hydrogen) atoms. The minimum atomic E-state index is -0.121. The highest BCUT2D eigenvalue weighted by molar-refractivity contribution is 5.90. The molecule has 2 aromatic carbocycles. The highest BCUT2D eigenvalue weighted by atomic mass is 16.5. The van der Waals surface area contributed by atoms with Crippen molar-refractivity contribution >= 4 is 29.2 Å². The number of ether oxygens (including phenoxy) is 1. The van der Waals surface area contributed by atoms with Gasteiger partial charge in [0.2, 0.25) is 17.8 Å². The minimum Gasteiger partial charge on any atom is -0.492 e. The van der Waals surface area contributed by atoms with Gasteiger partial charge in [0.25, 0.3) is 0 Å². The zero-order valence-electron chi connectivity index (χ0n) is 15.8. The van der Waals surface area contributed by atoms with Crippen molar-refractivity contribution in [2.45, 2.75) is 13.8 Å². The summed E-state index contributed by atoms with van der Waals surface area (Å²) < 4.78 is 5.63. The molecule has 8 heteroatoms. The second-order valence-corrected chi connectivity index (χ2v) is 6.01. The average molecular weight is 378 g/mol. The third kappa shape index (κ3) is 5.41. The Kier molecular flexibility index (Phi) is 6.35. The van der Waals surface area contributed by atoms with Crippen molar-refractivity contribution in [3.8, 4) is 5.75 Å². The molecule has 0 aliphatic rings. The third-order valence-electron chi connectivity index (χ3n) is 3.86. The number of amides is 1. The van der Waals surface area contributed by atoms with E-state index in [-0.39, 0.29) is 5.91 Å². The summed E-state index contributed by atoms with van der Waals surface area (Å²) in [6.07, 6.45) is 1.43. The number of para-hydroxylation sites is 1. The molecule has 3 aromatic rings. The molecule has 0 saturated heterocycles. The summed E-state index contributed by atoms with van der Waals surface area (Å²) in [5.41, 5.74) is 2.43. The fourth-order valence-corrected chi connectivity index (χ4v) is 2.51. The Morgan fingerprint density at radius 3 is 2.54 bits per heavy atom. The maximum absolute atomic E-state index is 11.3. The molecular weight excluding hydrogens is 356 g/mol. The molecule has 1 amide bonds. The van der Waals surface area contributed by atoms with Gasteiger partial charge in [-0.15, -0.1) is 0 Å². The summed E-state index contributed by atoms with van der Waals surface area (Å²) in [6.45, 7) is 4.42. The quantitative estimate of drug-likeness (QED) is 0.517. The molecule has 1 heterocycles. The number of carbonyl (C=O) groups excluding carboxylic acids is 1. The summed E-state index contributed by atoms with van der Waals surface area (Å²) in [5, 5.41) is 9.07. The van der Waals surface area contributed by atoms with Crippen LogP contribution in [0.3, 0.4) is 0 Å². The van der Waals surface area contributed by atoms with E-state index in [1.807, 2.05) is 55.5 Å². The SMILES string of the molecule is CC(=O)Nc1cccc(Nc2ncnc(NCCOc3ccccc3)n2)c1C. The van der Waals surface area contributed by atoms with Crippen molar-refractivity contribution in [3.63, 3.8) is 0 Å². The van der Waals surface area contributed by atoms with E-state index in [2.05, 4.69) is 30.9 Å². The predicted octanol–water partition coefficient (Wildman–Crippen LogP) is 3.37. The first-order valence-electron chi connectivity index (χ1n) is 8.87. The number of hydrogen-bond donors (Lipinski definition) is 3. The Hall–Kier alpha value is -3.68. The van der Waals surface area contributed by atoms with Crippen molar-refractivity contribution in [1.29, 1.82) is 0 Å². The molecule has 3 N–H and O–H groups in total. The molecule has 8 nitrogen and oxygen atoms in total. The van der Waals surface area contributed by atoms with Crippen molar-refractivity contribution in [3.05, 3.63) is 60.4 Å². The van der Waals surface area contributed by atoms with Crippen molar-refractivity contribution in [1.82, 2.24) is 15.0 Å². The Balaban J connectivity index is 1.58. The Labute approximate surface area is 163 Å². The van der Waals surface area contributed by atoms with Gasteiger partial charge in [-0.3, -0.25) is 4.79 Å². The largest absolute Gasteiger partial charge is 0.492 e. The van der Waals surface area contributed by atoms with Crippen LogP contribution in [-0.4, -0.2) is 34.0 Å². The van der Waals surface area contributed by atoms with E-state index in [1.165, 1.54) is 13.3 Å². The number of nitrogens with zero attached hydrogens (tertiary/aromatic N) is 3. The summed E-state index contributed by atoms with van der Waals surface area (Å²) in [4.78, 5) is 23.9. The van der Waals surface area contributed by atoms with Crippen LogP contribution in [0.15, 0.2) is 54.9 Å². The van der Waals surface area contributed by atoms with Gasteiger partial charge in [0.1, 0.15) is 18.7 Å². The third-order valence-corrected chi connectivity index (χ3v) is 3.86. The van der Waals surface area contributed by atoms with Crippen LogP contribution in [0.5, 0.6) is 5.75 Å². The Bertz CT molecular complexity index is 933. The van der Waals surface area contributed by atoms with Crippen molar-refractivity contribution in [2.75, 3.05) is 29.1 Å². The zero-order valence-corrected chi connectivity index (χ0v) is 15.8. The first-order chi connectivity index (χ1) is 13.6. The highest BCUT2D eigenvalue weighted by Gasteiger charge is 2.07. The molecule has 0 fully saturated rings. The monoisotopic (exact) mass is 378 g/mol. The van der Waals surface area contributed by atoms with Gasteiger partial charge in [-0.2, -0.15) is 4.98 Å². The fraction of sp³-hybridized carbons (Fsp3) is 0.200. The minimum absolute atomic E-state index is 0.121. The summed E-state index contributed by atoms with van der Waals surface area (Å²) in [5.74, 6) is 1.55. The van der Waals surface area contributed by atoms with E-state index in [4.69, 9.17) is 4.74 Å². The van der Waals surface area contributed by atoms with Crippen LogP contribution in [0.1, 0.15) is 12.5 Å². The van der Waals surface area contributed by atoms with Crippen LogP contribution in [0.4, 0.5) is 23.3 Å². The van der Waals surface area contributed by atoms with Gasteiger partial charge in [0, 0.05) is 18.3 Å². The Morgan fingerprint density at radius 2 is 1.75 bits per heavy atom. The van der Waals surface area contributed by atoms with E-state index in [1.54, 1.807) is 0 Å². The predicted molar refractivity (Wildman–Crippen MR) is 109 cm³/mol. The number of carbonyl (C=O) groups is 1. The van der Waals surface area contributed by atoms with Gasteiger partial charge in [-0.05, 0) is 36.8 Å². The lowest BCUT2D eigenvalue weighted by molar-refractivity contribution is -0.114. The number of anilines is 4. The van der Waals surface area contributed by atoms with Gasteiger partial charge in [-0.25, -0.2) is 9.97 Å². The number of hydrogen-bond acceptors (Lipinski definition) is 7. The smallest absolute Gasteiger partial charge is 0.232 e. The van der Waals surface area contributed by atoms with Gasteiger partial charge >= 0.3 is 0 Å². The van der Waals surface area contributed by atoms with Crippen molar-refractivity contribution < 1.29 is 9.53 Å². The van der Waals surface area contributed by atoms with Crippen LogP contribution >= 0.6 is 0 Å². The van der Waals surface area contributed by atoms with Gasteiger partial charge < -0.3 is 20.7 Å². The lowest BCUT2D eigenvalue weighted by atomic mass is 10.1. The standard InChI is InChI=1S/C20H22N6O2/c1-14-17(24-15(2)27)9-6-10-18(14)25-20-23-13-22-19(26-20)21-11-12-28-16-7-4-3-5-8-16/h3-10,13H,11-12H2,1-2H3,(H,24,27)(H2,21,22,23,25,26). The van der Waals surface area contributed by atoms with Crippen molar-refractivity contribution in [2.24, 2.45) is 0 Å². The normalized spacial score (nSPS) is 10.2. The fourth-order valence-electron chi connectivity index (χ4n) is 2.51. The summed E-state index contributed by atoms with van der Waals surface area (Å²) in [7, 11) is 0.